The molecule has 202 valence electrons. The van der Waals surface area contributed by atoms with E-state index >= 15 is 0 Å². The molecule has 0 heterocycles. The largest absolute Gasteiger partial charge is 0.491 e. The molecule has 9 heteroatoms. The summed E-state index contributed by atoms with van der Waals surface area (Å²) in [5, 5.41) is 29.7. The van der Waals surface area contributed by atoms with Gasteiger partial charge >= 0.3 is 12.1 Å². The maximum absolute atomic E-state index is 13.0. The Hall–Kier alpha value is -2.36. The Morgan fingerprint density at radius 2 is 1.89 bits per heavy atom. The number of hydrogen-bond donors (Lipinski definition) is 3. The van der Waals surface area contributed by atoms with Gasteiger partial charge < -0.3 is 24.8 Å². The average Bonchev–Trinajstić information content (AvgIpc) is 3.03. The first-order valence-corrected chi connectivity index (χ1v) is 12.2. The number of carboxylic acids is 1. The number of carbonyl (C=O) groups is 1. The van der Waals surface area contributed by atoms with Crippen molar-refractivity contribution in [1.82, 2.24) is 0 Å². The van der Waals surface area contributed by atoms with E-state index < -0.39 is 41.6 Å². The van der Waals surface area contributed by atoms with Crippen molar-refractivity contribution in [1.29, 1.82) is 0 Å². The highest BCUT2D eigenvalue weighted by molar-refractivity contribution is 5.66. The van der Waals surface area contributed by atoms with Crippen LogP contribution in [0.25, 0.3) is 0 Å². The van der Waals surface area contributed by atoms with Crippen LogP contribution in [0.15, 0.2) is 48.6 Å². The second-order valence-corrected chi connectivity index (χ2v) is 10.1. The second kappa shape index (κ2) is 13.3. The molecule has 1 aromatic carbocycles. The van der Waals surface area contributed by atoms with Crippen LogP contribution in [0.2, 0.25) is 0 Å². The van der Waals surface area contributed by atoms with Gasteiger partial charge in [0.05, 0.1) is 23.4 Å². The Labute approximate surface area is 210 Å². The summed E-state index contributed by atoms with van der Waals surface area (Å²) in [5.74, 6) is -1.34. The molecule has 36 heavy (non-hydrogen) atoms. The molecule has 1 aliphatic carbocycles. The lowest BCUT2D eigenvalue weighted by molar-refractivity contribution is -0.138. The number of aliphatic hydroxyl groups is 2. The Morgan fingerprint density at radius 3 is 2.53 bits per heavy atom. The predicted octanol–water partition coefficient (Wildman–Crippen LogP) is 5.38. The number of rotatable bonds is 12. The number of aliphatic carboxylic acids is 1. The third-order valence-electron chi connectivity index (χ3n) is 5.88. The number of benzene rings is 1. The molecule has 1 aliphatic rings. The van der Waals surface area contributed by atoms with Crippen molar-refractivity contribution in [3.63, 3.8) is 0 Å². The first-order chi connectivity index (χ1) is 16.8. The minimum Gasteiger partial charge on any atom is -0.491 e. The smallest absolute Gasteiger partial charge is 0.416 e. The molecule has 1 aromatic rings. The highest BCUT2D eigenvalue weighted by Gasteiger charge is 2.39. The van der Waals surface area contributed by atoms with Crippen LogP contribution in [0, 0.1) is 11.8 Å². The molecule has 0 saturated heterocycles. The molecule has 0 radical (unpaired) electrons. The third kappa shape index (κ3) is 10.3. The van der Waals surface area contributed by atoms with Crippen molar-refractivity contribution >= 4 is 5.97 Å². The molecule has 6 nitrogen and oxygen atoms in total. The van der Waals surface area contributed by atoms with E-state index in [9.17, 15) is 28.2 Å². The molecule has 5 atom stereocenters. The molecule has 0 aliphatic heterocycles. The summed E-state index contributed by atoms with van der Waals surface area (Å²) in [6.07, 6.45) is 2.78. The van der Waals surface area contributed by atoms with Crippen molar-refractivity contribution < 1.29 is 42.8 Å². The molecule has 1 fully saturated rings. The van der Waals surface area contributed by atoms with Crippen LogP contribution in [0.1, 0.15) is 58.4 Å². The standard InChI is InChI=1S/C27H37F3O6/c1-26(2,3)36-20(17-35-19-10-8-9-18(15-19)27(28,29)30)13-14-22-21(23(31)16-24(22)32)11-6-4-5-7-12-25(33)34/h4,6,8-10,13-15,20-24,31-32H,5,7,11-12,16-17H2,1-3H3,(H,33,34)/b6-4-,14-13+/t20-,21-,22-,23+,24-/m1/s1. The van der Waals surface area contributed by atoms with Crippen molar-refractivity contribution in [3.05, 3.63) is 54.1 Å². The summed E-state index contributed by atoms with van der Waals surface area (Å²) >= 11 is 0. The zero-order valence-corrected chi connectivity index (χ0v) is 20.9. The molecule has 1 saturated carbocycles. The molecule has 0 bridgehead atoms. The summed E-state index contributed by atoms with van der Waals surface area (Å²) in [6, 6.07) is 4.64. The summed E-state index contributed by atoms with van der Waals surface area (Å²) < 4.78 is 50.7. The van der Waals surface area contributed by atoms with Crippen LogP contribution in [-0.4, -0.2) is 51.8 Å². The monoisotopic (exact) mass is 514 g/mol. The Kier molecular flexibility index (Phi) is 11.0. The van der Waals surface area contributed by atoms with Gasteiger partial charge in [0.1, 0.15) is 18.5 Å². The quantitative estimate of drug-likeness (QED) is 0.256. The van der Waals surface area contributed by atoms with Crippen molar-refractivity contribution in [2.24, 2.45) is 11.8 Å². The molecule has 3 N–H and O–H groups in total. The highest BCUT2D eigenvalue weighted by atomic mass is 19.4. The fraction of sp³-hybridized carbons (Fsp3) is 0.593. The van der Waals surface area contributed by atoms with Gasteiger partial charge in [0.2, 0.25) is 0 Å². The van der Waals surface area contributed by atoms with E-state index in [0.29, 0.717) is 19.3 Å². The second-order valence-electron chi connectivity index (χ2n) is 10.1. The van der Waals surface area contributed by atoms with E-state index in [2.05, 4.69) is 0 Å². The van der Waals surface area contributed by atoms with Crippen LogP contribution >= 0.6 is 0 Å². The van der Waals surface area contributed by atoms with Crippen LogP contribution in [0.3, 0.4) is 0 Å². The van der Waals surface area contributed by atoms with E-state index in [4.69, 9.17) is 14.6 Å². The molecule has 0 spiro atoms. The van der Waals surface area contributed by atoms with Crippen LogP contribution < -0.4 is 4.74 Å². The van der Waals surface area contributed by atoms with Gasteiger partial charge in [0.15, 0.2) is 0 Å². The molecular formula is C27H37F3O6. The number of unbranched alkanes of at least 4 members (excludes halogenated alkanes) is 1. The summed E-state index contributed by atoms with van der Waals surface area (Å²) in [6.45, 7) is 5.52. The minimum atomic E-state index is -4.47. The number of ether oxygens (including phenoxy) is 2. The van der Waals surface area contributed by atoms with Gasteiger partial charge in [-0.1, -0.05) is 30.4 Å². The van der Waals surface area contributed by atoms with E-state index in [-0.39, 0.29) is 37.0 Å². The van der Waals surface area contributed by atoms with Crippen LogP contribution in [0.5, 0.6) is 5.75 Å². The first-order valence-electron chi connectivity index (χ1n) is 12.2. The zero-order chi connectivity index (χ0) is 26.9. The Balaban J connectivity index is 2.06. The van der Waals surface area contributed by atoms with Gasteiger partial charge in [0, 0.05) is 18.8 Å². The maximum Gasteiger partial charge on any atom is 0.416 e. The van der Waals surface area contributed by atoms with E-state index in [1.807, 2.05) is 32.9 Å². The van der Waals surface area contributed by atoms with Crippen molar-refractivity contribution in [3.8, 4) is 5.75 Å². The molecule has 0 unspecified atom stereocenters. The zero-order valence-electron chi connectivity index (χ0n) is 20.9. The fourth-order valence-electron chi connectivity index (χ4n) is 4.22. The molecule has 2 rings (SSSR count). The molecule has 0 amide bonds. The van der Waals surface area contributed by atoms with E-state index in [1.165, 1.54) is 12.1 Å². The number of allylic oxidation sites excluding steroid dienone is 2. The average molecular weight is 515 g/mol. The first kappa shape index (κ1) is 29.9. The highest BCUT2D eigenvalue weighted by Crippen LogP contribution is 2.37. The number of carboxylic acid groups (broad SMARTS) is 1. The summed E-state index contributed by atoms with van der Waals surface area (Å²) in [5.41, 5.74) is -1.36. The summed E-state index contributed by atoms with van der Waals surface area (Å²) in [4.78, 5) is 10.6. The fourth-order valence-corrected chi connectivity index (χ4v) is 4.22. The summed E-state index contributed by atoms with van der Waals surface area (Å²) in [7, 11) is 0. The van der Waals surface area contributed by atoms with Gasteiger partial charge in [-0.2, -0.15) is 13.2 Å². The number of aliphatic hydroxyl groups excluding tert-OH is 2. The van der Waals surface area contributed by atoms with Gasteiger partial charge in [-0.3, -0.25) is 4.79 Å². The maximum atomic E-state index is 13.0. The lowest BCUT2D eigenvalue weighted by Gasteiger charge is -2.27. The third-order valence-corrected chi connectivity index (χ3v) is 5.88. The number of alkyl halides is 3. The van der Waals surface area contributed by atoms with E-state index in [0.717, 1.165) is 12.1 Å². The number of hydrogen-bond acceptors (Lipinski definition) is 5. The molecule has 0 aromatic heterocycles. The lowest BCUT2D eigenvalue weighted by atomic mass is 9.89. The number of halogens is 3. The van der Waals surface area contributed by atoms with E-state index in [1.54, 1.807) is 12.2 Å². The van der Waals surface area contributed by atoms with Crippen molar-refractivity contribution in [2.45, 2.75) is 83.0 Å². The van der Waals surface area contributed by atoms with Gasteiger partial charge in [-0.05, 0) is 64.2 Å². The predicted molar refractivity (Wildman–Crippen MR) is 130 cm³/mol. The SMILES string of the molecule is CC(C)(C)O[C@H](/C=C/[C@@H]1[C@@H](C/C=C\CCCC(=O)O)[C@@H](O)C[C@H]1O)COc1cccc(C(F)(F)F)c1. The van der Waals surface area contributed by atoms with Gasteiger partial charge in [-0.15, -0.1) is 0 Å². The van der Waals surface area contributed by atoms with Crippen molar-refractivity contribution in [2.75, 3.05) is 6.61 Å². The minimum absolute atomic E-state index is 0.0331. The van der Waals surface area contributed by atoms with Crippen LogP contribution in [0.4, 0.5) is 13.2 Å². The molecular weight excluding hydrogens is 477 g/mol. The lowest BCUT2D eigenvalue weighted by Crippen LogP contribution is -2.31. The van der Waals surface area contributed by atoms with Gasteiger partial charge in [0.25, 0.3) is 0 Å². The topological polar surface area (TPSA) is 96.2 Å². The van der Waals surface area contributed by atoms with Gasteiger partial charge in [-0.25, -0.2) is 0 Å². The Bertz CT molecular complexity index is 890. The van der Waals surface area contributed by atoms with Crippen LogP contribution in [-0.2, 0) is 15.7 Å². The normalized spacial score (nSPS) is 24.0. The Morgan fingerprint density at radius 1 is 1.17 bits per heavy atom.